The fraction of sp³-hybridized carbons (Fsp3) is 0.400. The van der Waals surface area contributed by atoms with Gasteiger partial charge in [0.25, 0.3) is 0 Å². The fourth-order valence-electron chi connectivity index (χ4n) is 2.21. The third kappa shape index (κ3) is 4.42. The van der Waals surface area contributed by atoms with Gasteiger partial charge in [-0.1, -0.05) is 23.2 Å². The second-order valence-corrected chi connectivity index (χ2v) is 7.19. The van der Waals surface area contributed by atoms with Crippen LogP contribution < -0.4 is 10.6 Å². The van der Waals surface area contributed by atoms with Gasteiger partial charge in [-0.3, -0.25) is 14.4 Å². The quantitative estimate of drug-likeness (QED) is 0.591. The molecule has 9 heteroatoms. The SMILES string of the molecule is CCOC(=O)[C@@H](N)CS[C@@H]1CC(=O)N(c2cc(Cl)cc(Cl)c2)C1=O. The summed E-state index contributed by atoms with van der Waals surface area (Å²) in [7, 11) is 0. The topological polar surface area (TPSA) is 89.7 Å². The molecular formula is C15H16Cl2N2O4S. The van der Waals surface area contributed by atoms with Gasteiger partial charge in [0.05, 0.1) is 17.5 Å². The first kappa shape index (κ1) is 19.1. The molecule has 0 bridgehead atoms. The molecule has 1 aliphatic rings. The molecule has 0 aliphatic carbocycles. The Bertz CT molecular complexity index is 651. The van der Waals surface area contributed by atoms with E-state index in [-0.39, 0.29) is 30.6 Å². The fourth-order valence-corrected chi connectivity index (χ4v) is 3.81. The van der Waals surface area contributed by atoms with Crippen LogP contribution in [0, 0.1) is 0 Å². The van der Waals surface area contributed by atoms with Crippen LogP contribution in [-0.4, -0.2) is 41.4 Å². The number of nitrogens with zero attached hydrogens (tertiary/aromatic N) is 1. The van der Waals surface area contributed by atoms with Crippen molar-refractivity contribution in [3.8, 4) is 0 Å². The van der Waals surface area contributed by atoms with E-state index in [1.165, 1.54) is 18.2 Å². The van der Waals surface area contributed by atoms with Gasteiger partial charge in [-0.25, -0.2) is 4.90 Å². The van der Waals surface area contributed by atoms with E-state index in [0.29, 0.717) is 15.7 Å². The first-order valence-electron chi connectivity index (χ1n) is 7.20. The van der Waals surface area contributed by atoms with Gasteiger partial charge in [-0.15, -0.1) is 11.8 Å². The number of nitrogens with two attached hydrogens (primary N) is 1. The van der Waals surface area contributed by atoms with Gasteiger partial charge in [0, 0.05) is 22.2 Å². The van der Waals surface area contributed by atoms with Gasteiger partial charge < -0.3 is 10.5 Å². The van der Waals surface area contributed by atoms with Gasteiger partial charge in [-0.05, 0) is 25.1 Å². The standard InChI is InChI=1S/C15H16Cl2N2O4S/c1-2-23-15(22)11(18)7-24-12-6-13(20)19(14(12)21)10-4-8(16)3-9(17)5-10/h3-5,11-12H,2,6-7,18H2,1H3/t11-,12+/m0/s1. The molecule has 1 heterocycles. The Labute approximate surface area is 153 Å². The third-order valence-corrected chi connectivity index (χ3v) is 5.04. The zero-order valence-electron chi connectivity index (χ0n) is 12.8. The van der Waals surface area contributed by atoms with E-state index in [4.69, 9.17) is 33.7 Å². The van der Waals surface area contributed by atoms with Crippen molar-refractivity contribution < 1.29 is 19.1 Å². The van der Waals surface area contributed by atoms with E-state index in [2.05, 4.69) is 0 Å². The monoisotopic (exact) mass is 390 g/mol. The van der Waals surface area contributed by atoms with Crippen molar-refractivity contribution in [3.05, 3.63) is 28.2 Å². The Morgan fingerprint density at radius 3 is 2.58 bits per heavy atom. The Balaban J connectivity index is 2.05. The number of carbonyl (C=O) groups excluding carboxylic acids is 3. The van der Waals surface area contributed by atoms with Crippen molar-refractivity contribution in [2.75, 3.05) is 17.3 Å². The van der Waals surface area contributed by atoms with Gasteiger partial charge in [-0.2, -0.15) is 0 Å². The van der Waals surface area contributed by atoms with Crippen LogP contribution >= 0.6 is 35.0 Å². The lowest BCUT2D eigenvalue weighted by molar-refractivity contribution is -0.144. The molecule has 24 heavy (non-hydrogen) atoms. The molecule has 0 spiro atoms. The maximum Gasteiger partial charge on any atom is 0.323 e. The minimum absolute atomic E-state index is 0.0309. The molecule has 1 aromatic carbocycles. The lowest BCUT2D eigenvalue weighted by Gasteiger charge is -2.16. The number of rotatable bonds is 6. The van der Waals surface area contributed by atoms with Crippen molar-refractivity contribution in [1.82, 2.24) is 0 Å². The molecule has 130 valence electrons. The summed E-state index contributed by atoms with van der Waals surface area (Å²) in [6.07, 6.45) is 0.0309. The van der Waals surface area contributed by atoms with Gasteiger partial charge >= 0.3 is 5.97 Å². The van der Waals surface area contributed by atoms with Crippen LogP contribution in [-0.2, 0) is 19.1 Å². The number of esters is 1. The highest BCUT2D eigenvalue weighted by Crippen LogP contribution is 2.33. The second-order valence-electron chi connectivity index (χ2n) is 5.08. The molecule has 0 unspecified atom stereocenters. The normalized spacial score (nSPS) is 18.8. The molecule has 1 aromatic rings. The molecule has 1 aliphatic heterocycles. The summed E-state index contributed by atoms with van der Waals surface area (Å²) in [6, 6.07) is 3.68. The molecular weight excluding hydrogens is 375 g/mol. The highest BCUT2D eigenvalue weighted by atomic mass is 35.5. The largest absolute Gasteiger partial charge is 0.465 e. The Hall–Kier alpha value is -1.28. The van der Waals surface area contributed by atoms with E-state index in [0.717, 1.165) is 16.7 Å². The van der Waals surface area contributed by atoms with Crippen molar-refractivity contribution in [3.63, 3.8) is 0 Å². The molecule has 1 fully saturated rings. The highest BCUT2D eigenvalue weighted by molar-refractivity contribution is 8.00. The minimum Gasteiger partial charge on any atom is -0.465 e. The highest BCUT2D eigenvalue weighted by Gasteiger charge is 2.40. The van der Waals surface area contributed by atoms with Gasteiger partial charge in [0.1, 0.15) is 6.04 Å². The number of imide groups is 1. The van der Waals surface area contributed by atoms with E-state index >= 15 is 0 Å². The number of amides is 2. The maximum absolute atomic E-state index is 12.5. The lowest BCUT2D eigenvalue weighted by atomic mass is 10.3. The van der Waals surface area contributed by atoms with Gasteiger partial charge in [0.2, 0.25) is 11.8 Å². The summed E-state index contributed by atoms with van der Waals surface area (Å²) >= 11 is 13.0. The van der Waals surface area contributed by atoms with E-state index in [9.17, 15) is 14.4 Å². The summed E-state index contributed by atoms with van der Waals surface area (Å²) in [5.74, 6) is -1.06. The second kappa shape index (κ2) is 8.20. The Kier molecular flexibility index (Phi) is 6.51. The van der Waals surface area contributed by atoms with Crippen molar-refractivity contribution in [1.29, 1.82) is 0 Å². The Morgan fingerprint density at radius 1 is 1.38 bits per heavy atom. The third-order valence-electron chi connectivity index (χ3n) is 3.28. The summed E-state index contributed by atoms with van der Waals surface area (Å²) in [5.41, 5.74) is 6.04. The molecule has 2 rings (SSSR count). The molecule has 0 radical (unpaired) electrons. The molecule has 2 amide bonds. The predicted octanol–water partition coefficient (Wildman–Crippen LogP) is 2.25. The molecule has 0 aromatic heterocycles. The Morgan fingerprint density at radius 2 is 2.00 bits per heavy atom. The smallest absolute Gasteiger partial charge is 0.323 e. The van der Waals surface area contributed by atoms with Crippen LogP contribution in [0.5, 0.6) is 0 Å². The van der Waals surface area contributed by atoms with Crippen molar-refractivity contribution in [2.45, 2.75) is 24.6 Å². The van der Waals surface area contributed by atoms with Gasteiger partial charge in [0.15, 0.2) is 0 Å². The van der Waals surface area contributed by atoms with Crippen LogP contribution in [0.15, 0.2) is 18.2 Å². The van der Waals surface area contributed by atoms with Crippen LogP contribution in [0.1, 0.15) is 13.3 Å². The summed E-state index contributed by atoms with van der Waals surface area (Å²) in [4.78, 5) is 37.2. The average Bonchev–Trinajstić information content (AvgIpc) is 2.78. The number of thioether (sulfide) groups is 1. The summed E-state index contributed by atoms with van der Waals surface area (Å²) in [6.45, 7) is 1.92. The van der Waals surface area contributed by atoms with Crippen LogP contribution in [0.4, 0.5) is 5.69 Å². The molecule has 6 nitrogen and oxygen atoms in total. The van der Waals surface area contributed by atoms with Crippen molar-refractivity contribution >= 4 is 58.4 Å². The van der Waals surface area contributed by atoms with Crippen LogP contribution in [0.25, 0.3) is 0 Å². The number of benzene rings is 1. The number of ether oxygens (including phenoxy) is 1. The summed E-state index contributed by atoms with van der Waals surface area (Å²) in [5, 5.41) is 0.0628. The van der Waals surface area contributed by atoms with E-state index in [1.54, 1.807) is 6.92 Å². The summed E-state index contributed by atoms with van der Waals surface area (Å²) < 4.78 is 4.81. The van der Waals surface area contributed by atoms with E-state index < -0.39 is 17.3 Å². The number of halogens is 2. The maximum atomic E-state index is 12.5. The lowest BCUT2D eigenvalue weighted by Crippen LogP contribution is -2.36. The number of anilines is 1. The molecule has 2 N–H and O–H groups in total. The molecule has 1 saturated heterocycles. The van der Waals surface area contributed by atoms with Crippen LogP contribution in [0.2, 0.25) is 10.0 Å². The number of hydrogen-bond acceptors (Lipinski definition) is 6. The first-order valence-corrected chi connectivity index (χ1v) is 9.00. The number of carbonyl (C=O) groups is 3. The first-order chi connectivity index (χ1) is 11.3. The van der Waals surface area contributed by atoms with Crippen LogP contribution in [0.3, 0.4) is 0 Å². The predicted molar refractivity (Wildman–Crippen MR) is 94.4 cm³/mol. The van der Waals surface area contributed by atoms with E-state index in [1.807, 2.05) is 0 Å². The minimum atomic E-state index is -0.840. The number of hydrogen-bond donors (Lipinski definition) is 1. The zero-order valence-corrected chi connectivity index (χ0v) is 15.2. The average molecular weight is 391 g/mol. The molecule has 2 atom stereocenters. The zero-order chi connectivity index (χ0) is 17.9. The van der Waals surface area contributed by atoms with Crippen molar-refractivity contribution in [2.24, 2.45) is 5.73 Å². The molecule has 0 saturated carbocycles.